The van der Waals surface area contributed by atoms with Crippen molar-refractivity contribution in [3.05, 3.63) is 28.2 Å². The molecule has 1 amide bonds. The maximum absolute atomic E-state index is 13.0. The molecule has 0 bridgehead atoms. The van der Waals surface area contributed by atoms with Crippen molar-refractivity contribution >= 4 is 34.8 Å². The lowest BCUT2D eigenvalue weighted by Gasteiger charge is -2.45. The summed E-state index contributed by atoms with van der Waals surface area (Å²) in [7, 11) is 0. The van der Waals surface area contributed by atoms with Gasteiger partial charge in [-0.1, -0.05) is 82.0 Å². The average molecular weight is 501 g/mol. The lowest BCUT2D eigenvalue weighted by molar-refractivity contribution is -0.934. The Bertz CT molecular complexity index is 696. The van der Waals surface area contributed by atoms with Crippen LogP contribution in [0, 0.1) is 5.92 Å². The Morgan fingerprint density at radius 3 is 2.00 bits per heavy atom. The summed E-state index contributed by atoms with van der Waals surface area (Å²) < 4.78 is 6.79. The Morgan fingerprint density at radius 2 is 1.45 bits per heavy atom. The third-order valence-electron chi connectivity index (χ3n) is 6.54. The van der Waals surface area contributed by atoms with Crippen molar-refractivity contribution < 1.29 is 14.0 Å². The molecule has 188 valence electrons. The molecule has 0 aliphatic carbocycles. The van der Waals surface area contributed by atoms with Gasteiger partial charge in [0.25, 0.3) is 5.91 Å². The highest BCUT2D eigenvalue weighted by molar-refractivity contribution is 6.35. The first-order valence-electron chi connectivity index (χ1n) is 12.9. The number of nitrogens with zero attached hydrogens (tertiary/aromatic N) is 1. The molecule has 4 nitrogen and oxygen atoms in total. The second-order valence-corrected chi connectivity index (χ2v) is 11.4. The summed E-state index contributed by atoms with van der Waals surface area (Å²) >= 11 is 12.2. The van der Waals surface area contributed by atoms with E-state index >= 15 is 0 Å². The number of ether oxygens (including phenoxy) is 1. The second kappa shape index (κ2) is 14.6. The molecule has 2 rings (SSSR count). The molecule has 1 N–H and O–H groups in total. The van der Waals surface area contributed by atoms with Crippen LogP contribution in [0.2, 0.25) is 10.0 Å². The molecule has 0 saturated carbocycles. The summed E-state index contributed by atoms with van der Waals surface area (Å²) in [5.41, 5.74) is 0.651. The van der Waals surface area contributed by atoms with Crippen molar-refractivity contribution in [1.29, 1.82) is 0 Å². The van der Waals surface area contributed by atoms with Crippen LogP contribution in [-0.4, -0.2) is 48.8 Å². The van der Waals surface area contributed by atoms with Gasteiger partial charge in [0.05, 0.1) is 6.54 Å². The van der Waals surface area contributed by atoms with Crippen LogP contribution >= 0.6 is 23.2 Å². The van der Waals surface area contributed by atoms with Crippen molar-refractivity contribution in [2.75, 3.05) is 31.5 Å². The topological polar surface area (TPSA) is 38.3 Å². The standard InChI is InChI=1S/C27H44Cl2N2O2/c1-21(2)13-11-9-7-5-6-8-10-12-14-31(18-22(3)33-23(4)19-31)20-27(32)30-26-16-24(28)15-25(29)17-26/h15-17,21-23H,5-14,18-20H2,1-4H3/p+1. The van der Waals surface area contributed by atoms with E-state index in [9.17, 15) is 4.79 Å². The van der Waals surface area contributed by atoms with Crippen LogP contribution in [0.25, 0.3) is 0 Å². The number of halogens is 2. The Balaban J connectivity index is 1.80. The number of morpholine rings is 1. The van der Waals surface area contributed by atoms with E-state index in [1.165, 1.54) is 51.4 Å². The molecule has 1 aromatic carbocycles. The zero-order valence-corrected chi connectivity index (χ0v) is 22.7. The SMILES string of the molecule is CC(C)CCCCCCCCCC[N+]1(CC(=O)Nc2cc(Cl)cc(Cl)c2)CC(C)OC(C)C1. The Morgan fingerprint density at radius 1 is 0.939 bits per heavy atom. The number of unbranched alkanes of at least 4 members (excludes halogenated alkanes) is 7. The van der Waals surface area contributed by atoms with Gasteiger partial charge >= 0.3 is 0 Å². The molecule has 1 fully saturated rings. The van der Waals surface area contributed by atoms with Crippen LogP contribution in [0.5, 0.6) is 0 Å². The van der Waals surface area contributed by atoms with Gasteiger partial charge in [-0.2, -0.15) is 0 Å². The monoisotopic (exact) mass is 499 g/mol. The number of anilines is 1. The van der Waals surface area contributed by atoms with E-state index in [0.29, 0.717) is 22.3 Å². The second-order valence-electron chi connectivity index (χ2n) is 10.6. The zero-order valence-electron chi connectivity index (χ0n) is 21.2. The summed E-state index contributed by atoms with van der Waals surface area (Å²) in [5, 5.41) is 4.05. The molecule has 0 radical (unpaired) electrons. The molecule has 1 aliphatic heterocycles. The van der Waals surface area contributed by atoms with Crippen molar-refractivity contribution in [3.8, 4) is 0 Å². The predicted molar refractivity (Wildman–Crippen MR) is 141 cm³/mol. The molecule has 0 spiro atoms. The molecule has 1 heterocycles. The number of carbonyl (C=O) groups excluding carboxylic acids is 1. The number of nitrogens with one attached hydrogen (secondary N) is 1. The quantitative estimate of drug-likeness (QED) is 0.210. The van der Waals surface area contributed by atoms with Crippen LogP contribution in [0.1, 0.15) is 85.5 Å². The van der Waals surface area contributed by atoms with E-state index in [-0.39, 0.29) is 18.1 Å². The molecule has 0 aromatic heterocycles. The van der Waals surface area contributed by atoms with Gasteiger partial charge in [-0.05, 0) is 50.8 Å². The lowest BCUT2D eigenvalue weighted by Crippen LogP contribution is -2.62. The third kappa shape index (κ3) is 11.4. The molecule has 2 atom stereocenters. The van der Waals surface area contributed by atoms with E-state index in [2.05, 4.69) is 33.0 Å². The molecule has 33 heavy (non-hydrogen) atoms. The molecular formula is C27H45Cl2N2O2+. The fourth-order valence-corrected chi connectivity index (χ4v) is 5.76. The van der Waals surface area contributed by atoms with E-state index in [1.807, 2.05) is 0 Å². The summed E-state index contributed by atoms with van der Waals surface area (Å²) in [4.78, 5) is 13.0. The number of quaternary nitrogens is 1. The van der Waals surface area contributed by atoms with Gasteiger partial charge in [-0.15, -0.1) is 0 Å². The molecule has 2 unspecified atom stereocenters. The molecular weight excluding hydrogens is 455 g/mol. The number of amides is 1. The number of carbonyl (C=O) groups is 1. The smallest absolute Gasteiger partial charge is 0.279 e. The molecule has 1 saturated heterocycles. The fourth-order valence-electron chi connectivity index (χ4n) is 5.23. The summed E-state index contributed by atoms with van der Waals surface area (Å²) in [5.74, 6) is 0.840. The van der Waals surface area contributed by atoms with Crippen molar-refractivity contribution in [1.82, 2.24) is 0 Å². The van der Waals surface area contributed by atoms with Gasteiger partial charge in [-0.3, -0.25) is 4.79 Å². The van der Waals surface area contributed by atoms with Crippen LogP contribution in [0.3, 0.4) is 0 Å². The Hall–Kier alpha value is -0.810. The van der Waals surface area contributed by atoms with Gasteiger partial charge < -0.3 is 14.5 Å². The van der Waals surface area contributed by atoms with E-state index in [0.717, 1.165) is 36.5 Å². The van der Waals surface area contributed by atoms with Gasteiger partial charge in [0.2, 0.25) is 0 Å². The first kappa shape index (κ1) is 28.4. The van der Waals surface area contributed by atoms with Crippen LogP contribution in [0.15, 0.2) is 18.2 Å². The summed E-state index contributed by atoms with van der Waals surface area (Å²) in [6, 6.07) is 5.15. The number of hydrogen-bond acceptors (Lipinski definition) is 2. The van der Waals surface area contributed by atoms with Crippen molar-refractivity contribution in [2.24, 2.45) is 5.92 Å². The zero-order chi connectivity index (χ0) is 24.3. The number of rotatable bonds is 14. The largest absolute Gasteiger partial charge is 0.364 e. The molecule has 6 heteroatoms. The number of benzene rings is 1. The average Bonchev–Trinajstić information content (AvgIpc) is 2.67. The third-order valence-corrected chi connectivity index (χ3v) is 6.98. The minimum atomic E-state index is 0.0102. The lowest BCUT2D eigenvalue weighted by atomic mass is 10.0. The van der Waals surface area contributed by atoms with Crippen LogP contribution in [-0.2, 0) is 9.53 Å². The maximum Gasteiger partial charge on any atom is 0.279 e. The van der Waals surface area contributed by atoms with Gasteiger partial charge in [0, 0.05) is 15.7 Å². The predicted octanol–water partition coefficient (Wildman–Crippen LogP) is 7.72. The highest BCUT2D eigenvalue weighted by Gasteiger charge is 2.38. The van der Waals surface area contributed by atoms with E-state index in [4.69, 9.17) is 27.9 Å². The van der Waals surface area contributed by atoms with E-state index in [1.54, 1.807) is 18.2 Å². The van der Waals surface area contributed by atoms with Crippen molar-refractivity contribution in [2.45, 2.75) is 97.7 Å². The van der Waals surface area contributed by atoms with Gasteiger partial charge in [0.1, 0.15) is 25.3 Å². The van der Waals surface area contributed by atoms with Gasteiger partial charge in [-0.25, -0.2) is 0 Å². The Kier molecular flexibility index (Phi) is 12.5. The molecule has 1 aliphatic rings. The highest BCUT2D eigenvalue weighted by Crippen LogP contribution is 2.25. The summed E-state index contributed by atoms with van der Waals surface area (Å²) in [6.45, 7) is 12.1. The minimum absolute atomic E-state index is 0.0102. The normalized spacial score (nSPS) is 23.1. The van der Waals surface area contributed by atoms with Crippen LogP contribution < -0.4 is 5.32 Å². The minimum Gasteiger partial charge on any atom is -0.364 e. The fraction of sp³-hybridized carbons (Fsp3) is 0.741. The first-order valence-corrected chi connectivity index (χ1v) is 13.7. The Labute approximate surface area is 211 Å². The summed E-state index contributed by atoms with van der Waals surface area (Å²) in [6.07, 6.45) is 12.2. The highest BCUT2D eigenvalue weighted by atomic mass is 35.5. The maximum atomic E-state index is 13.0. The van der Waals surface area contributed by atoms with E-state index < -0.39 is 0 Å². The first-order chi connectivity index (χ1) is 15.7. The van der Waals surface area contributed by atoms with Gasteiger partial charge in [0.15, 0.2) is 6.54 Å². The number of hydrogen-bond donors (Lipinski definition) is 1. The van der Waals surface area contributed by atoms with Crippen molar-refractivity contribution in [3.63, 3.8) is 0 Å². The van der Waals surface area contributed by atoms with Crippen LogP contribution in [0.4, 0.5) is 5.69 Å². The molecule has 1 aromatic rings.